The van der Waals surface area contributed by atoms with Crippen molar-refractivity contribution in [2.75, 3.05) is 19.8 Å². The third-order valence-corrected chi connectivity index (χ3v) is 3.13. The molecule has 1 atom stereocenters. The van der Waals surface area contributed by atoms with E-state index >= 15 is 0 Å². The summed E-state index contributed by atoms with van der Waals surface area (Å²) in [4.78, 5) is 0. The fourth-order valence-electron chi connectivity index (χ4n) is 1.86. The number of aromatic hydroxyl groups is 1. The predicted molar refractivity (Wildman–Crippen MR) is 66.2 cm³/mol. The highest BCUT2D eigenvalue weighted by Crippen LogP contribution is 2.46. The molecule has 1 aliphatic heterocycles. The second kappa shape index (κ2) is 5.02. The van der Waals surface area contributed by atoms with Gasteiger partial charge in [-0.1, -0.05) is 18.5 Å². The molecule has 4 nitrogen and oxygen atoms in total. The molecule has 1 aliphatic rings. The van der Waals surface area contributed by atoms with E-state index in [1.807, 2.05) is 6.92 Å². The summed E-state index contributed by atoms with van der Waals surface area (Å²) in [6.45, 7) is 3.48. The number of benzene rings is 1. The lowest BCUT2D eigenvalue weighted by Gasteiger charge is -2.19. The van der Waals surface area contributed by atoms with Crippen molar-refractivity contribution in [2.45, 2.75) is 19.3 Å². The molecule has 17 heavy (non-hydrogen) atoms. The van der Waals surface area contributed by atoms with Crippen molar-refractivity contribution in [1.29, 1.82) is 0 Å². The molecule has 0 spiro atoms. The normalized spacial score (nSPS) is 16.4. The number of phenols is 1. The van der Waals surface area contributed by atoms with Gasteiger partial charge in [0, 0.05) is 24.0 Å². The number of hydrogen-bond acceptors (Lipinski definition) is 4. The monoisotopic (exact) mass is 257 g/mol. The Labute approximate surface area is 105 Å². The largest absolute Gasteiger partial charge is 0.506 e. The van der Waals surface area contributed by atoms with Gasteiger partial charge in [-0.05, 0) is 6.54 Å². The van der Waals surface area contributed by atoms with E-state index in [-0.39, 0.29) is 16.7 Å². The number of fused-ring (bicyclic) bond motifs is 1. The minimum Gasteiger partial charge on any atom is -0.506 e. The summed E-state index contributed by atoms with van der Waals surface area (Å²) in [6, 6.07) is 1.59. The van der Waals surface area contributed by atoms with Gasteiger partial charge >= 0.3 is 0 Å². The van der Waals surface area contributed by atoms with Gasteiger partial charge in [0.2, 0.25) is 0 Å². The van der Waals surface area contributed by atoms with E-state index in [9.17, 15) is 5.11 Å². The maximum atomic E-state index is 10.0. The van der Waals surface area contributed by atoms with E-state index in [1.165, 1.54) is 0 Å². The van der Waals surface area contributed by atoms with Gasteiger partial charge in [-0.3, -0.25) is 0 Å². The van der Waals surface area contributed by atoms with Gasteiger partial charge in [-0.15, -0.1) is 0 Å². The van der Waals surface area contributed by atoms with Gasteiger partial charge in [-0.2, -0.15) is 0 Å². The maximum absolute atomic E-state index is 10.0. The zero-order chi connectivity index (χ0) is 12.4. The number of phenolic OH excluding ortho intramolecular Hbond substituents is 1. The third-order valence-electron chi connectivity index (χ3n) is 2.85. The van der Waals surface area contributed by atoms with Crippen LogP contribution in [-0.2, 0) is 0 Å². The van der Waals surface area contributed by atoms with E-state index in [0.717, 1.165) is 6.42 Å². The third kappa shape index (κ3) is 2.28. The topological polar surface area (TPSA) is 64.7 Å². The number of hydrogen-bond donors (Lipinski definition) is 2. The molecule has 1 aromatic rings. The van der Waals surface area contributed by atoms with Crippen molar-refractivity contribution >= 4 is 11.6 Å². The molecule has 0 aliphatic carbocycles. The molecule has 0 saturated heterocycles. The highest BCUT2D eigenvalue weighted by Gasteiger charge is 2.24. The van der Waals surface area contributed by atoms with Gasteiger partial charge in [0.25, 0.3) is 0 Å². The molecule has 1 heterocycles. The van der Waals surface area contributed by atoms with Gasteiger partial charge in [0.05, 0.1) is 18.2 Å². The van der Waals surface area contributed by atoms with Crippen LogP contribution in [0.25, 0.3) is 0 Å². The van der Waals surface area contributed by atoms with Crippen LogP contribution in [0.5, 0.6) is 17.2 Å². The van der Waals surface area contributed by atoms with Crippen LogP contribution in [0.15, 0.2) is 6.07 Å². The molecule has 0 aromatic heterocycles. The van der Waals surface area contributed by atoms with Crippen molar-refractivity contribution in [3.05, 3.63) is 16.7 Å². The van der Waals surface area contributed by atoms with Crippen LogP contribution in [0.2, 0.25) is 5.02 Å². The molecule has 0 saturated carbocycles. The Kier molecular flexibility index (Phi) is 3.64. The first-order valence-corrected chi connectivity index (χ1v) is 6.04. The van der Waals surface area contributed by atoms with Crippen molar-refractivity contribution < 1.29 is 14.6 Å². The number of ether oxygens (including phenoxy) is 2. The fourth-order valence-corrected chi connectivity index (χ4v) is 2.07. The number of halogens is 1. The minimum atomic E-state index is -0.0378. The summed E-state index contributed by atoms with van der Waals surface area (Å²) in [6.07, 6.45) is 0.809. The second-order valence-corrected chi connectivity index (χ2v) is 4.54. The Balaban J connectivity index is 2.57. The molecule has 1 aromatic carbocycles. The summed E-state index contributed by atoms with van der Waals surface area (Å²) < 4.78 is 11.2. The molecular formula is C12H16ClNO3. The Morgan fingerprint density at radius 3 is 2.88 bits per heavy atom. The first kappa shape index (κ1) is 12.3. The molecule has 1 unspecified atom stereocenters. The predicted octanol–water partition coefficient (Wildman–Crippen LogP) is 2.27. The molecule has 3 N–H and O–H groups in total. The lowest BCUT2D eigenvalue weighted by atomic mass is 9.98. The molecule has 2 rings (SSSR count). The average Bonchev–Trinajstić information content (AvgIpc) is 2.55. The van der Waals surface area contributed by atoms with Gasteiger partial charge < -0.3 is 20.3 Å². The summed E-state index contributed by atoms with van der Waals surface area (Å²) >= 11 is 5.98. The van der Waals surface area contributed by atoms with Crippen molar-refractivity contribution in [3.8, 4) is 17.2 Å². The van der Waals surface area contributed by atoms with Crippen molar-refractivity contribution in [1.82, 2.24) is 0 Å². The zero-order valence-corrected chi connectivity index (χ0v) is 10.5. The van der Waals surface area contributed by atoms with E-state index < -0.39 is 0 Å². The summed E-state index contributed by atoms with van der Waals surface area (Å²) in [5.74, 6) is 1.15. The molecular weight excluding hydrogens is 242 g/mol. The van der Waals surface area contributed by atoms with Gasteiger partial charge in [0.1, 0.15) is 5.75 Å². The zero-order valence-electron chi connectivity index (χ0n) is 9.70. The van der Waals surface area contributed by atoms with Crippen LogP contribution in [0.3, 0.4) is 0 Å². The van der Waals surface area contributed by atoms with Crippen LogP contribution in [0.4, 0.5) is 0 Å². The summed E-state index contributed by atoms with van der Waals surface area (Å²) in [5.41, 5.74) is 6.28. The van der Waals surface area contributed by atoms with Crippen molar-refractivity contribution in [2.24, 2.45) is 5.73 Å². The highest BCUT2D eigenvalue weighted by molar-refractivity contribution is 6.32. The molecule has 5 heteroatoms. The Bertz CT molecular complexity index is 423. The SMILES string of the molecule is CC(CN)c1c(O)c(Cl)cc2c1OCCCO2. The van der Waals surface area contributed by atoms with E-state index in [4.69, 9.17) is 26.8 Å². The standard InChI is InChI=1S/C12H16ClNO3/c1-7(6-14)10-11(15)8(13)5-9-12(10)17-4-2-3-16-9/h5,7,15H,2-4,6,14H2,1H3. The van der Waals surface area contributed by atoms with E-state index in [1.54, 1.807) is 6.07 Å². The Hall–Kier alpha value is -1.13. The lowest BCUT2D eigenvalue weighted by molar-refractivity contribution is 0.295. The average molecular weight is 258 g/mol. The van der Waals surface area contributed by atoms with Crippen molar-refractivity contribution in [3.63, 3.8) is 0 Å². The highest BCUT2D eigenvalue weighted by atomic mass is 35.5. The second-order valence-electron chi connectivity index (χ2n) is 4.14. The summed E-state index contributed by atoms with van der Waals surface area (Å²) in [5, 5.41) is 10.3. The van der Waals surface area contributed by atoms with Crippen LogP contribution in [0, 0.1) is 0 Å². The molecule has 0 amide bonds. The van der Waals surface area contributed by atoms with E-state index in [0.29, 0.717) is 36.8 Å². The van der Waals surface area contributed by atoms with Crippen LogP contribution in [0.1, 0.15) is 24.8 Å². The molecule has 0 radical (unpaired) electrons. The van der Waals surface area contributed by atoms with Crippen LogP contribution < -0.4 is 15.2 Å². The maximum Gasteiger partial charge on any atom is 0.168 e. The minimum absolute atomic E-state index is 0.0360. The lowest BCUT2D eigenvalue weighted by Crippen LogP contribution is -2.11. The quantitative estimate of drug-likeness (QED) is 0.853. The van der Waals surface area contributed by atoms with Gasteiger partial charge in [0.15, 0.2) is 11.5 Å². The first-order valence-electron chi connectivity index (χ1n) is 5.66. The Morgan fingerprint density at radius 2 is 2.18 bits per heavy atom. The summed E-state index contributed by atoms with van der Waals surface area (Å²) in [7, 11) is 0. The van der Waals surface area contributed by atoms with Crippen LogP contribution >= 0.6 is 11.6 Å². The van der Waals surface area contributed by atoms with Gasteiger partial charge in [-0.25, -0.2) is 0 Å². The van der Waals surface area contributed by atoms with E-state index in [2.05, 4.69) is 0 Å². The molecule has 0 bridgehead atoms. The van der Waals surface area contributed by atoms with Crippen LogP contribution in [-0.4, -0.2) is 24.9 Å². The smallest absolute Gasteiger partial charge is 0.168 e. The number of rotatable bonds is 2. The molecule has 0 fully saturated rings. The number of nitrogens with two attached hydrogens (primary N) is 1. The fraction of sp³-hybridized carbons (Fsp3) is 0.500. The first-order chi connectivity index (χ1) is 8.15. The molecule has 94 valence electrons. The Morgan fingerprint density at radius 1 is 1.47 bits per heavy atom.